The summed E-state index contributed by atoms with van der Waals surface area (Å²) in [5.41, 5.74) is -3.78. The first kappa shape index (κ1) is 39.6. The van der Waals surface area contributed by atoms with Crippen molar-refractivity contribution < 1.29 is 37.0 Å². The van der Waals surface area contributed by atoms with Crippen LogP contribution < -0.4 is 9.79 Å². The maximum atomic E-state index is 11.2. The van der Waals surface area contributed by atoms with Crippen molar-refractivity contribution in [3.05, 3.63) is 0 Å². The van der Waals surface area contributed by atoms with Gasteiger partial charge in [-0.2, -0.15) is 0 Å². The Morgan fingerprint density at radius 1 is 0.581 bits per heavy atom. The Kier molecular flexibility index (Phi) is 29.6. The molecule has 0 fully saturated rings. The van der Waals surface area contributed by atoms with Gasteiger partial charge in [-0.1, -0.05) is 110 Å². The van der Waals surface area contributed by atoms with E-state index in [2.05, 4.69) is 81.8 Å². The average molecular weight is 840 g/mol. The third kappa shape index (κ3) is 26.9. The molecule has 0 aromatic carbocycles. The molecule has 0 aromatic rings. The molecule has 0 aliphatic carbocycles. The third-order valence-electron chi connectivity index (χ3n) is 2.32. The second-order valence-corrected chi connectivity index (χ2v) is 12.6. The van der Waals surface area contributed by atoms with Crippen LogP contribution in [-0.4, -0.2) is 66.6 Å². The van der Waals surface area contributed by atoms with Crippen LogP contribution >= 0.6 is 126 Å². The van der Waals surface area contributed by atoms with Gasteiger partial charge in [-0.05, 0) is 25.7 Å². The van der Waals surface area contributed by atoms with Gasteiger partial charge in [-0.25, -0.2) is 0 Å². The van der Waals surface area contributed by atoms with Crippen LogP contribution in [0.2, 0.25) is 0 Å². The second-order valence-electron chi connectivity index (χ2n) is 4.87. The molecule has 0 amide bonds. The molecular formula is C12H20Br4Cl4MgO8P2. The van der Waals surface area contributed by atoms with Crippen LogP contribution in [0, 0.1) is 0 Å². The third-order valence-corrected chi connectivity index (χ3v) is 7.93. The molecule has 19 heteroatoms. The van der Waals surface area contributed by atoms with Gasteiger partial charge in [0.15, 0.2) is 0 Å². The van der Waals surface area contributed by atoms with Gasteiger partial charge in [-0.15, -0.1) is 0 Å². The van der Waals surface area contributed by atoms with Crippen LogP contribution in [0.15, 0.2) is 0 Å². The SMILES string of the molecule is O=P([O-])(OC(Cl)CCBr)OC(Cl)CCBr.O=P([O-])(OC(Cl)CCBr)OC(Cl)CCBr.[Mg+2]. The van der Waals surface area contributed by atoms with E-state index in [1.807, 2.05) is 0 Å². The first-order chi connectivity index (χ1) is 13.8. The molecule has 0 aromatic heterocycles. The van der Waals surface area contributed by atoms with Crippen LogP contribution in [0.5, 0.6) is 0 Å². The molecule has 0 N–H and O–H groups in total. The van der Waals surface area contributed by atoms with Gasteiger partial charge in [-0.3, -0.25) is 27.2 Å². The van der Waals surface area contributed by atoms with Crippen LogP contribution in [0.25, 0.3) is 0 Å². The first-order valence-electron chi connectivity index (χ1n) is 7.98. The summed E-state index contributed by atoms with van der Waals surface area (Å²) in [6, 6.07) is 0. The van der Waals surface area contributed by atoms with Crippen LogP contribution in [0.1, 0.15) is 25.7 Å². The smallest absolute Gasteiger partial charge is 0.756 e. The first-order valence-corrected chi connectivity index (χ1v) is 17.1. The van der Waals surface area contributed by atoms with E-state index in [4.69, 9.17) is 46.4 Å². The summed E-state index contributed by atoms with van der Waals surface area (Å²) in [7, 11) is -8.84. The predicted octanol–water partition coefficient (Wildman–Crippen LogP) is 5.99. The molecule has 31 heavy (non-hydrogen) atoms. The summed E-state index contributed by atoms with van der Waals surface area (Å²) < 4.78 is 40.4. The Morgan fingerprint density at radius 2 is 0.742 bits per heavy atom. The standard InChI is InChI=1S/2C6H11Br2Cl2O4P.Mg/c2*7-3-1-5(9)13-15(11,12)14-6(10)2-4-8;/h2*5-6H,1-4H2,(H,11,12);/q;;+2/p-2. The number of phosphoric ester groups is 2. The maximum Gasteiger partial charge on any atom is 2.00 e. The van der Waals surface area contributed by atoms with Crippen LogP contribution in [0.3, 0.4) is 0 Å². The topological polar surface area (TPSA) is 117 Å². The summed E-state index contributed by atoms with van der Waals surface area (Å²) in [4.78, 5) is 22.4. The van der Waals surface area contributed by atoms with Crippen LogP contribution in [-0.2, 0) is 27.2 Å². The maximum absolute atomic E-state index is 11.2. The van der Waals surface area contributed by atoms with Gasteiger partial charge in [0.05, 0.1) is 0 Å². The van der Waals surface area contributed by atoms with Crippen molar-refractivity contribution in [1.29, 1.82) is 0 Å². The van der Waals surface area contributed by atoms with Crippen molar-refractivity contribution >= 4 is 149 Å². The van der Waals surface area contributed by atoms with E-state index in [1.54, 1.807) is 0 Å². The van der Waals surface area contributed by atoms with Gasteiger partial charge in [0.25, 0.3) is 15.6 Å². The number of rotatable bonds is 16. The number of alkyl halides is 8. The molecule has 0 radical (unpaired) electrons. The van der Waals surface area contributed by atoms with E-state index < -0.39 is 37.9 Å². The zero-order valence-corrected chi connectivity index (χ0v) is 28.4. The molecule has 0 bridgehead atoms. The second kappa shape index (κ2) is 23.2. The fourth-order valence-electron chi connectivity index (χ4n) is 1.16. The van der Waals surface area contributed by atoms with Crippen molar-refractivity contribution in [1.82, 2.24) is 0 Å². The Labute approximate surface area is 252 Å². The number of hydrogen-bond donors (Lipinski definition) is 0. The molecule has 0 rings (SSSR count). The molecule has 4 unspecified atom stereocenters. The molecule has 8 nitrogen and oxygen atoms in total. The zero-order chi connectivity index (χ0) is 23.8. The van der Waals surface area contributed by atoms with Crippen molar-refractivity contribution in [2.45, 2.75) is 47.9 Å². The fourth-order valence-corrected chi connectivity index (χ4v) is 7.13. The minimum Gasteiger partial charge on any atom is -0.756 e. The molecule has 0 aliphatic rings. The molecule has 4 atom stereocenters. The van der Waals surface area contributed by atoms with Gasteiger partial charge in [0.2, 0.25) is 0 Å². The van der Waals surface area contributed by atoms with E-state index in [-0.39, 0.29) is 23.1 Å². The van der Waals surface area contributed by atoms with E-state index in [9.17, 15) is 18.9 Å². The Bertz CT molecular complexity index is 457. The van der Waals surface area contributed by atoms with E-state index in [0.29, 0.717) is 47.0 Å². The van der Waals surface area contributed by atoms with Gasteiger partial charge in [0.1, 0.15) is 22.3 Å². The summed E-state index contributed by atoms with van der Waals surface area (Å²) in [6.07, 6.45) is 1.40. The molecule has 0 spiro atoms. The fraction of sp³-hybridized carbons (Fsp3) is 1.00. The Morgan fingerprint density at radius 3 is 0.871 bits per heavy atom. The van der Waals surface area contributed by atoms with Crippen molar-refractivity contribution in [2.24, 2.45) is 0 Å². The van der Waals surface area contributed by atoms with E-state index in [1.165, 1.54) is 0 Å². The predicted molar refractivity (Wildman–Crippen MR) is 138 cm³/mol. The largest absolute Gasteiger partial charge is 2.00 e. The summed E-state index contributed by atoms with van der Waals surface area (Å²) in [5.74, 6) is 0. The molecular weight excluding hydrogens is 820 g/mol. The summed E-state index contributed by atoms with van der Waals surface area (Å²) >= 11 is 34.7. The average Bonchev–Trinajstić information content (AvgIpc) is 2.53. The van der Waals surface area contributed by atoms with Crippen molar-refractivity contribution in [3.63, 3.8) is 0 Å². The van der Waals surface area contributed by atoms with Gasteiger partial charge >= 0.3 is 23.1 Å². The normalized spacial score (nSPS) is 18.9. The van der Waals surface area contributed by atoms with Crippen molar-refractivity contribution in [3.8, 4) is 0 Å². The molecule has 0 aliphatic heterocycles. The monoisotopic (exact) mass is 834 g/mol. The van der Waals surface area contributed by atoms with Crippen molar-refractivity contribution in [2.75, 3.05) is 21.3 Å². The molecule has 0 heterocycles. The van der Waals surface area contributed by atoms with Gasteiger partial charge in [0, 0.05) is 21.3 Å². The summed E-state index contributed by atoms with van der Waals surface area (Å²) in [5, 5.41) is 2.14. The van der Waals surface area contributed by atoms with Crippen LogP contribution in [0.4, 0.5) is 0 Å². The molecule has 184 valence electrons. The quantitative estimate of drug-likeness (QED) is 0.106. The molecule has 0 saturated heterocycles. The summed E-state index contributed by atoms with van der Waals surface area (Å²) in [6.45, 7) is 0. The Hall–Kier alpha value is 4.07. The minimum atomic E-state index is -4.42. The number of hydrogen-bond acceptors (Lipinski definition) is 8. The number of halogens is 8. The van der Waals surface area contributed by atoms with E-state index in [0.717, 1.165) is 0 Å². The van der Waals surface area contributed by atoms with E-state index >= 15 is 0 Å². The number of phosphoric acid groups is 2. The molecule has 0 saturated carbocycles. The minimum absolute atomic E-state index is 0. The zero-order valence-electron chi connectivity index (χ0n) is 15.9. The Balaban J connectivity index is -0.000000490. The van der Waals surface area contributed by atoms with Gasteiger partial charge < -0.3 is 9.79 Å².